The zero-order valence-corrected chi connectivity index (χ0v) is 17.8. The van der Waals surface area contributed by atoms with Gasteiger partial charge in [-0.05, 0) is 49.7 Å². The molecule has 0 aliphatic carbocycles. The van der Waals surface area contributed by atoms with Gasteiger partial charge in [-0.1, -0.05) is 0 Å². The molecule has 0 aromatic heterocycles. The van der Waals surface area contributed by atoms with Gasteiger partial charge in [0.1, 0.15) is 0 Å². The number of carbonyl (C=O) groups is 2. The number of piperazine rings is 1. The van der Waals surface area contributed by atoms with Crippen LogP contribution in [0.1, 0.15) is 22.8 Å². The minimum Gasteiger partial charge on any atom is -0.465 e. The molecule has 9 heteroatoms. The average molecular weight is 426 g/mol. The van der Waals surface area contributed by atoms with Crippen molar-refractivity contribution < 1.29 is 19.2 Å². The number of nitrogens with zero attached hydrogens (tertiary/aromatic N) is 3. The highest BCUT2D eigenvalue weighted by atomic mass is 16.6. The second-order valence-corrected chi connectivity index (χ2v) is 7.61. The fourth-order valence-electron chi connectivity index (χ4n) is 3.67. The summed E-state index contributed by atoms with van der Waals surface area (Å²) in [5, 5.41) is 13.7. The van der Waals surface area contributed by atoms with Crippen LogP contribution in [0.4, 0.5) is 17.1 Å². The zero-order chi connectivity index (χ0) is 22.5. The topological polar surface area (TPSA) is 105 Å². The molecule has 0 radical (unpaired) electrons. The van der Waals surface area contributed by atoms with Crippen LogP contribution in [0.5, 0.6) is 0 Å². The van der Waals surface area contributed by atoms with E-state index in [0.29, 0.717) is 23.4 Å². The van der Waals surface area contributed by atoms with Crippen molar-refractivity contribution in [2.75, 3.05) is 43.5 Å². The van der Waals surface area contributed by atoms with Crippen molar-refractivity contribution >= 4 is 28.9 Å². The van der Waals surface area contributed by atoms with Gasteiger partial charge in [0.25, 0.3) is 5.69 Å². The van der Waals surface area contributed by atoms with Crippen LogP contribution < -0.4 is 10.2 Å². The van der Waals surface area contributed by atoms with Crippen LogP contribution in [0.25, 0.3) is 0 Å². The van der Waals surface area contributed by atoms with Gasteiger partial charge in [0.15, 0.2) is 0 Å². The van der Waals surface area contributed by atoms with Gasteiger partial charge >= 0.3 is 5.97 Å². The van der Waals surface area contributed by atoms with Gasteiger partial charge in [-0.3, -0.25) is 19.8 Å². The first kappa shape index (κ1) is 22.2. The van der Waals surface area contributed by atoms with Gasteiger partial charge in [0.05, 0.1) is 24.1 Å². The summed E-state index contributed by atoms with van der Waals surface area (Å²) >= 11 is 0. The number of aryl methyl sites for hydroxylation is 1. The standard InChI is InChI=1S/C22H26N4O5/c1-15-12-19(26(29)30)8-9-20(15)23-21(27)14-24-10-11-25(13-16(24)2)18-6-4-17(5-7-18)22(28)31-3/h4-9,12,16H,10-11,13-14H2,1-3H3,(H,23,27). The molecule has 1 atom stereocenters. The molecule has 1 saturated heterocycles. The van der Waals surface area contributed by atoms with Crippen molar-refractivity contribution in [1.29, 1.82) is 0 Å². The molecule has 1 unspecified atom stereocenters. The fourth-order valence-corrected chi connectivity index (χ4v) is 3.67. The summed E-state index contributed by atoms with van der Waals surface area (Å²) in [4.78, 5) is 38.9. The summed E-state index contributed by atoms with van der Waals surface area (Å²) in [7, 11) is 1.36. The number of methoxy groups -OCH3 is 1. The Hall–Kier alpha value is -3.46. The molecule has 1 aliphatic heterocycles. The van der Waals surface area contributed by atoms with Crippen molar-refractivity contribution in [1.82, 2.24) is 4.90 Å². The summed E-state index contributed by atoms with van der Waals surface area (Å²) in [6.07, 6.45) is 0. The van der Waals surface area contributed by atoms with Crippen LogP contribution in [-0.2, 0) is 9.53 Å². The molecular formula is C22H26N4O5. The lowest BCUT2D eigenvalue weighted by molar-refractivity contribution is -0.384. The van der Waals surface area contributed by atoms with Crippen LogP contribution in [0.2, 0.25) is 0 Å². The Bertz CT molecular complexity index is 976. The van der Waals surface area contributed by atoms with Gasteiger partial charge in [0, 0.05) is 49.2 Å². The van der Waals surface area contributed by atoms with Crippen molar-refractivity contribution in [2.24, 2.45) is 0 Å². The highest BCUT2D eigenvalue weighted by Crippen LogP contribution is 2.22. The number of nitro benzene ring substituents is 1. The molecule has 164 valence electrons. The third-order valence-electron chi connectivity index (χ3n) is 5.46. The molecule has 1 amide bonds. The molecule has 2 aromatic rings. The van der Waals surface area contributed by atoms with Gasteiger partial charge in [0.2, 0.25) is 5.91 Å². The number of hydrogen-bond donors (Lipinski definition) is 1. The number of hydrogen-bond acceptors (Lipinski definition) is 7. The van der Waals surface area contributed by atoms with Gasteiger partial charge in [-0.15, -0.1) is 0 Å². The summed E-state index contributed by atoms with van der Waals surface area (Å²) in [5.41, 5.74) is 2.75. The summed E-state index contributed by atoms with van der Waals surface area (Å²) in [5.74, 6) is -0.515. The second-order valence-electron chi connectivity index (χ2n) is 7.61. The third-order valence-corrected chi connectivity index (χ3v) is 5.46. The molecule has 31 heavy (non-hydrogen) atoms. The lowest BCUT2D eigenvalue weighted by atomic mass is 10.1. The summed E-state index contributed by atoms with van der Waals surface area (Å²) in [6, 6.07) is 11.8. The van der Waals surface area contributed by atoms with E-state index in [-0.39, 0.29) is 30.2 Å². The highest BCUT2D eigenvalue weighted by molar-refractivity contribution is 5.93. The van der Waals surface area contributed by atoms with E-state index in [9.17, 15) is 19.7 Å². The molecule has 0 spiro atoms. The van der Waals surface area contributed by atoms with E-state index in [2.05, 4.69) is 22.0 Å². The maximum Gasteiger partial charge on any atom is 0.337 e. The normalized spacial score (nSPS) is 16.6. The van der Waals surface area contributed by atoms with Gasteiger partial charge in [-0.25, -0.2) is 4.79 Å². The Labute approximate surface area is 180 Å². The van der Waals surface area contributed by atoms with Crippen molar-refractivity contribution in [3.63, 3.8) is 0 Å². The van der Waals surface area contributed by atoms with Crippen molar-refractivity contribution in [3.8, 4) is 0 Å². The molecular weight excluding hydrogens is 400 g/mol. The number of ether oxygens (including phenoxy) is 1. The Morgan fingerprint density at radius 2 is 1.90 bits per heavy atom. The molecule has 1 fully saturated rings. The molecule has 0 bridgehead atoms. The first-order valence-corrected chi connectivity index (χ1v) is 10.0. The smallest absolute Gasteiger partial charge is 0.337 e. The first-order valence-electron chi connectivity index (χ1n) is 10.0. The molecule has 9 nitrogen and oxygen atoms in total. The van der Waals surface area contributed by atoms with Crippen LogP contribution in [0, 0.1) is 17.0 Å². The van der Waals surface area contributed by atoms with Crippen LogP contribution in [-0.4, -0.2) is 61.0 Å². The van der Waals surface area contributed by atoms with Crippen LogP contribution >= 0.6 is 0 Å². The third kappa shape index (κ3) is 5.37. The van der Waals surface area contributed by atoms with E-state index < -0.39 is 4.92 Å². The van der Waals surface area contributed by atoms with E-state index in [1.54, 1.807) is 25.1 Å². The van der Waals surface area contributed by atoms with Gasteiger partial charge < -0.3 is 15.0 Å². The first-order chi connectivity index (χ1) is 14.8. The quantitative estimate of drug-likeness (QED) is 0.430. The number of nitro groups is 1. The number of esters is 1. The number of nitrogens with one attached hydrogen (secondary N) is 1. The number of rotatable bonds is 6. The fraction of sp³-hybridized carbons (Fsp3) is 0.364. The molecule has 1 heterocycles. The van der Waals surface area contributed by atoms with E-state index in [1.165, 1.54) is 19.2 Å². The van der Waals surface area contributed by atoms with Gasteiger partial charge in [-0.2, -0.15) is 0 Å². The number of anilines is 2. The Kier molecular flexibility index (Phi) is 6.86. The predicted molar refractivity (Wildman–Crippen MR) is 117 cm³/mol. The molecule has 1 N–H and O–H groups in total. The SMILES string of the molecule is COC(=O)c1ccc(N2CCN(CC(=O)Nc3ccc([N+](=O)[O-])cc3C)C(C)C2)cc1. The molecule has 3 rings (SSSR count). The van der Waals surface area contributed by atoms with E-state index in [4.69, 9.17) is 4.74 Å². The summed E-state index contributed by atoms with van der Waals surface area (Å²) < 4.78 is 4.73. The minimum atomic E-state index is -0.456. The average Bonchev–Trinajstić information content (AvgIpc) is 2.76. The molecule has 0 saturated carbocycles. The Morgan fingerprint density at radius 1 is 1.19 bits per heavy atom. The number of carbonyl (C=O) groups excluding carboxylic acids is 2. The van der Waals surface area contributed by atoms with E-state index in [1.807, 2.05) is 12.1 Å². The largest absolute Gasteiger partial charge is 0.465 e. The monoisotopic (exact) mass is 426 g/mol. The highest BCUT2D eigenvalue weighted by Gasteiger charge is 2.26. The predicted octanol–water partition coefficient (Wildman–Crippen LogP) is 2.84. The number of amides is 1. The Balaban J connectivity index is 1.56. The maximum absolute atomic E-state index is 12.5. The number of non-ortho nitro benzene ring substituents is 1. The second kappa shape index (κ2) is 9.57. The van der Waals surface area contributed by atoms with Crippen molar-refractivity contribution in [2.45, 2.75) is 19.9 Å². The lowest BCUT2D eigenvalue weighted by Crippen LogP contribution is -2.53. The molecule has 1 aliphatic rings. The lowest BCUT2D eigenvalue weighted by Gasteiger charge is -2.40. The van der Waals surface area contributed by atoms with E-state index in [0.717, 1.165) is 18.8 Å². The number of benzene rings is 2. The minimum absolute atomic E-state index is 0.000128. The van der Waals surface area contributed by atoms with Crippen LogP contribution in [0.3, 0.4) is 0 Å². The molecule has 2 aromatic carbocycles. The summed E-state index contributed by atoms with van der Waals surface area (Å²) in [6.45, 7) is 6.27. The Morgan fingerprint density at radius 3 is 2.48 bits per heavy atom. The zero-order valence-electron chi connectivity index (χ0n) is 17.8. The van der Waals surface area contributed by atoms with E-state index >= 15 is 0 Å². The van der Waals surface area contributed by atoms with Crippen LogP contribution in [0.15, 0.2) is 42.5 Å². The van der Waals surface area contributed by atoms with Crippen molar-refractivity contribution in [3.05, 3.63) is 63.7 Å². The maximum atomic E-state index is 12.5.